The normalized spacial score (nSPS) is 15.2. The smallest absolute Gasteiger partial charge is 0.265 e. The number of aromatic hydroxyl groups is 1. The van der Waals surface area contributed by atoms with Crippen molar-refractivity contribution in [1.29, 1.82) is 0 Å². The molecule has 0 radical (unpaired) electrons. The Morgan fingerprint density at radius 1 is 1.26 bits per heavy atom. The third-order valence-electron chi connectivity index (χ3n) is 4.68. The van der Waals surface area contributed by atoms with Crippen LogP contribution in [0.25, 0.3) is 0 Å². The molecule has 2 heterocycles. The summed E-state index contributed by atoms with van der Waals surface area (Å²) in [5, 5.41) is 12.7. The van der Waals surface area contributed by atoms with Crippen LogP contribution in [0.1, 0.15) is 46.3 Å². The molecular formula is C19H24N2O4S2. The van der Waals surface area contributed by atoms with Crippen molar-refractivity contribution in [2.75, 3.05) is 18.4 Å². The lowest BCUT2D eigenvalue weighted by Crippen LogP contribution is -2.27. The summed E-state index contributed by atoms with van der Waals surface area (Å²) in [7, 11) is -3.61. The predicted octanol–water partition coefficient (Wildman–Crippen LogP) is 3.75. The van der Waals surface area contributed by atoms with Gasteiger partial charge in [0.15, 0.2) is 0 Å². The molecule has 1 aliphatic rings. The van der Waals surface area contributed by atoms with E-state index in [2.05, 4.69) is 12.2 Å². The van der Waals surface area contributed by atoms with Gasteiger partial charge in [0.1, 0.15) is 5.75 Å². The summed E-state index contributed by atoms with van der Waals surface area (Å²) in [5.74, 6) is -0.512. The Hall–Kier alpha value is -1.90. The minimum absolute atomic E-state index is 0.0755. The lowest BCUT2D eigenvalue weighted by molar-refractivity contribution is 0.103. The van der Waals surface area contributed by atoms with Gasteiger partial charge in [0, 0.05) is 18.0 Å². The van der Waals surface area contributed by atoms with Crippen molar-refractivity contribution in [3.63, 3.8) is 0 Å². The van der Waals surface area contributed by atoms with Crippen LogP contribution in [-0.2, 0) is 16.4 Å². The highest BCUT2D eigenvalue weighted by Crippen LogP contribution is 2.31. The van der Waals surface area contributed by atoms with Crippen LogP contribution in [0.4, 0.5) is 5.69 Å². The molecule has 146 valence electrons. The number of phenolic OH excluding ortho intramolecular Hbond substituents is 1. The highest BCUT2D eigenvalue weighted by atomic mass is 32.2. The molecule has 27 heavy (non-hydrogen) atoms. The molecule has 1 aromatic heterocycles. The molecule has 0 aliphatic carbocycles. The number of hydrogen-bond donors (Lipinski definition) is 2. The first-order valence-electron chi connectivity index (χ1n) is 9.06. The maximum atomic E-state index is 12.7. The summed E-state index contributed by atoms with van der Waals surface area (Å²) in [5.41, 5.74) is 1.24. The number of carbonyl (C=O) groups is 1. The van der Waals surface area contributed by atoms with E-state index < -0.39 is 10.0 Å². The van der Waals surface area contributed by atoms with Gasteiger partial charge in [-0.25, -0.2) is 8.42 Å². The van der Waals surface area contributed by atoms with Crippen molar-refractivity contribution in [3.05, 3.63) is 39.6 Å². The molecule has 0 saturated carbocycles. The second kappa shape index (κ2) is 8.00. The second-order valence-corrected chi connectivity index (χ2v) is 9.88. The predicted molar refractivity (Wildman–Crippen MR) is 107 cm³/mol. The fraction of sp³-hybridized carbons (Fsp3) is 0.421. The van der Waals surface area contributed by atoms with Crippen molar-refractivity contribution in [1.82, 2.24) is 4.31 Å². The van der Waals surface area contributed by atoms with Crippen LogP contribution < -0.4 is 5.32 Å². The van der Waals surface area contributed by atoms with Crippen molar-refractivity contribution in [3.8, 4) is 5.75 Å². The zero-order chi connectivity index (χ0) is 19.6. The van der Waals surface area contributed by atoms with E-state index in [1.54, 1.807) is 0 Å². The Bertz CT molecular complexity index is 945. The van der Waals surface area contributed by atoms with Gasteiger partial charge in [-0.2, -0.15) is 4.31 Å². The second-order valence-electron chi connectivity index (χ2n) is 6.69. The quantitative estimate of drug-likeness (QED) is 0.713. The third-order valence-corrected chi connectivity index (χ3v) is 7.67. The van der Waals surface area contributed by atoms with Gasteiger partial charge in [-0.15, -0.1) is 11.3 Å². The van der Waals surface area contributed by atoms with E-state index in [0.29, 0.717) is 18.0 Å². The van der Waals surface area contributed by atoms with Crippen molar-refractivity contribution in [2.24, 2.45) is 0 Å². The van der Waals surface area contributed by atoms with Gasteiger partial charge < -0.3 is 10.4 Å². The molecule has 2 N–H and O–H groups in total. The van der Waals surface area contributed by atoms with Crippen molar-refractivity contribution >= 4 is 33.0 Å². The Balaban J connectivity index is 1.84. The van der Waals surface area contributed by atoms with Crippen LogP contribution in [-0.4, -0.2) is 36.8 Å². The first kappa shape index (κ1) is 19.9. The Labute approximate surface area is 163 Å². The molecule has 0 bridgehead atoms. The molecule has 1 aromatic carbocycles. The highest BCUT2D eigenvalue weighted by molar-refractivity contribution is 7.89. The highest BCUT2D eigenvalue weighted by Gasteiger charge is 2.28. The van der Waals surface area contributed by atoms with Crippen LogP contribution in [0.5, 0.6) is 5.75 Å². The van der Waals surface area contributed by atoms with Gasteiger partial charge in [-0.05, 0) is 56.0 Å². The van der Waals surface area contributed by atoms with E-state index in [-0.39, 0.29) is 22.2 Å². The Morgan fingerprint density at radius 2 is 1.96 bits per heavy atom. The average molecular weight is 409 g/mol. The Morgan fingerprint density at radius 3 is 2.63 bits per heavy atom. The summed E-state index contributed by atoms with van der Waals surface area (Å²) in [6.07, 6.45) is 3.59. The van der Waals surface area contributed by atoms with Crippen LogP contribution in [0.3, 0.4) is 0 Å². The molecule has 1 saturated heterocycles. The van der Waals surface area contributed by atoms with Crippen LogP contribution in [0.2, 0.25) is 0 Å². The maximum absolute atomic E-state index is 12.7. The number of sulfonamides is 1. The lowest BCUT2D eigenvalue weighted by atomic mass is 10.1. The summed E-state index contributed by atoms with van der Waals surface area (Å²) in [6, 6.07) is 5.86. The third kappa shape index (κ3) is 4.17. The standard InChI is InChI=1S/C19H24N2O4S2/c1-3-6-14-11-18(26-13(14)2)19(23)20-16-12-15(7-8-17(16)22)27(24,25)21-9-4-5-10-21/h7-8,11-12,22H,3-6,9-10H2,1-2H3,(H,20,23). The molecule has 3 rings (SSSR count). The first-order valence-corrected chi connectivity index (χ1v) is 11.3. The molecule has 1 aliphatic heterocycles. The summed E-state index contributed by atoms with van der Waals surface area (Å²) < 4.78 is 26.8. The number of amides is 1. The molecule has 0 atom stereocenters. The number of anilines is 1. The lowest BCUT2D eigenvalue weighted by Gasteiger charge is -2.16. The molecule has 8 heteroatoms. The monoisotopic (exact) mass is 408 g/mol. The van der Waals surface area contributed by atoms with Crippen LogP contribution in [0.15, 0.2) is 29.2 Å². The van der Waals surface area contributed by atoms with E-state index in [1.807, 2.05) is 13.0 Å². The average Bonchev–Trinajstić information content (AvgIpc) is 3.28. The number of rotatable bonds is 6. The van der Waals surface area contributed by atoms with Crippen LogP contribution >= 0.6 is 11.3 Å². The topological polar surface area (TPSA) is 86.7 Å². The largest absolute Gasteiger partial charge is 0.506 e. The number of phenols is 1. The number of hydrogen-bond acceptors (Lipinski definition) is 5. The van der Waals surface area contributed by atoms with Gasteiger partial charge in [-0.1, -0.05) is 13.3 Å². The van der Waals surface area contributed by atoms with Gasteiger partial charge in [0.05, 0.1) is 15.5 Å². The number of thiophene rings is 1. The fourth-order valence-corrected chi connectivity index (χ4v) is 5.70. The van der Waals surface area contributed by atoms with E-state index in [9.17, 15) is 18.3 Å². The molecule has 0 spiro atoms. The molecule has 2 aromatic rings. The Kier molecular flexibility index (Phi) is 5.88. The summed E-state index contributed by atoms with van der Waals surface area (Å²) in [6.45, 7) is 5.06. The fourth-order valence-electron chi connectivity index (χ4n) is 3.19. The number of nitrogens with zero attached hydrogens (tertiary/aromatic N) is 1. The zero-order valence-corrected chi connectivity index (χ0v) is 17.1. The zero-order valence-electron chi connectivity index (χ0n) is 15.5. The number of carbonyl (C=O) groups excluding carboxylic acids is 1. The molecule has 6 nitrogen and oxygen atoms in total. The van der Waals surface area contributed by atoms with Crippen molar-refractivity contribution in [2.45, 2.75) is 44.4 Å². The van der Waals surface area contributed by atoms with Gasteiger partial charge in [0.2, 0.25) is 10.0 Å². The molecule has 1 fully saturated rings. The van der Waals surface area contributed by atoms with Gasteiger partial charge >= 0.3 is 0 Å². The number of nitrogens with one attached hydrogen (secondary N) is 1. The van der Waals surface area contributed by atoms with Gasteiger partial charge in [0.25, 0.3) is 5.91 Å². The van der Waals surface area contributed by atoms with Crippen molar-refractivity contribution < 1.29 is 18.3 Å². The minimum atomic E-state index is -3.61. The first-order chi connectivity index (χ1) is 12.8. The van der Waals surface area contributed by atoms with E-state index in [0.717, 1.165) is 36.1 Å². The maximum Gasteiger partial charge on any atom is 0.265 e. The van der Waals surface area contributed by atoms with E-state index in [1.165, 1.54) is 33.8 Å². The van der Waals surface area contributed by atoms with Gasteiger partial charge in [-0.3, -0.25) is 4.79 Å². The molecular weight excluding hydrogens is 384 g/mol. The number of benzene rings is 1. The molecule has 0 unspecified atom stereocenters. The van der Waals surface area contributed by atoms with E-state index in [4.69, 9.17) is 0 Å². The number of aryl methyl sites for hydroxylation is 2. The van der Waals surface area contributed by atoms with E-state index >= 15 is 0 Å². The molecule has 1 amide bonds. The summed E-state index contributed by atoms with van der Waals surface area (Å²) in [4.78, 5) is 14.3. The minimum Gasteiger partial charge on any atom is -0.506 e. The SMILES string of the molecule is CCCc1cc(C(=O)Nc2cc(S(=O)(=O)N3CCCC3)ccc2O)sc1C. The summed E-state index contributed by atoms with van der Waals surface area (Å²) >= 11 is 1.40. The van der Waals surface area contributed by atoms with Crippen LogP contribution in [0, 0.1) is 6.92 Å².